The van der Waals surface area contributed by atoms with Crippen LogP contribution in [0.15, 0.2) is 52.9 Å². The van der Waals surface area contributed by atoms with Gasteiger partial charge in [-0.3, -0.25) is 4.79 Å². The molecule has 30 heavy (non-hydrogen) atoms. The van der Waals surface area contributed by atoms with E-state index in [-0.39, 0.29) is 5.57 Å². The summed E-state index contributed by atoms with van der Waals surface area (Å²) in [6.07, 6.45) is 3.66. The summed E-state index contributed by atoms with van der Waals surface area (Å²) in [5.41, 5.74) is 3.57. The molecule has 0 radical (unpaired) electrons. The van der Waals surface area contributed by atoms with E-state index in [2.05, 4.69) is 4.90 Å². The smallest absolute Gasteiger partial charge is 0.346 e. The molecule has 0 saturated heterocycles. The molecule has 2 aromatic carbocycles. The van der Waals surface area contributed by atoms with Gasteiger partial charge in [-0.1, -0.05) is 19.4 Å². The number of anilines is 2. The number of carbonyl (C=O) groups is 2. The van der Waals surface area contributed by atoms with Crippen molar-refractivity contribution in [3.63, 3.8) is 0 Å². The number of carboxylic acids is 2. The van der Waals surface area contributed by atoms with Crippen LogP contribution in [0.4, 0.5) is 11.4 Å². The molecule has 0 bridgehead atoms. The number of nitriles is 1. The molecule has 0 aliphatic carbocycles. The van der Waals surface area contributed by atoms with Crippen LogP contribution in [0, 0.1) is 11.3 Å². The molecule has 154 valence electrons. The number of carboxylic acid groups (broad SMARTS) is 2. The molecule has 0 fully saturated rings. The van der Waals surface area contributed by atoms with E-state index in [0.29, 0.717) is 12.0 Å². The minimum atomic E-state index is -1.23. The van der Waals surface area contributed by atoms with E-state index in [1.54, 1.807) is 6.07 Å². The highest BCUT2D eigenvalue weighted by molar-refractivity contribution is 8.00. The fraction of sp³-hybridized carbons (Fsp3) is 0.261. The lowest BCUT2D eigenvalue weighted by Crippen LogP contribution is -2.15. The normalized spacial score (nSPS) is 14.1. The third-order valence-electron chi connectivity index (χ3n) is 4.91. The number of hydrogen-bond acceptors (Lipinski definition) is 5. The number of benzene rings is 2. The molecular weight excluding hydrogens is 400 g/mol. The molecule has 2 aromatic rings. The van der Waals surface area contributed by atoms with E-state index in [9.17, 15) is 14.7 Å². The van der Waals surface area contributed by atoms with Gasteiger partial charge in [0.2, 0.25) is 0 Å². The second-order valence-corrected chi connectivity index (χ2v) is 8.27. The Balaban J connectivity index is 1.78. The van der Waals surface area contributed by atoms with Crippen molar-refractivity contribution in [3.8, 4) is 6.07 Å². The van der Waals surface area contributed by atoms with Crippen LogP contribution in [0.5, 0.6) is 0 Å². The van der Waals surface area contributed by atoms with Crippen molar-refractivity contribution in [1.29, 1.82) is 5.26 Å². The molecule has 3 rings (SSSR count). The standard InChI is InChI=1S/C23H22N2O4S/c1-2-3-21(23(28)29)30-19-7-5-18(6-8-19)25-11-10-16-12-15(4-9-20(16)25)13-17(14-24)22(26)27/h4-9,12-13,21H,2-3,10-11H2,1H3,(H,26,27)(H,28,29)/b17-13+. The van der Waals surface area contributed by atoms with Crippen LogP contribution in [0.3, 0.4) is 0 Å². The van der Waals surface area contributed by atoms with Crippen molar-refractivity contribution in [2.24, 2.45) is 0 Å². The molecule has 0 amide bonds. The first-order chi connectivity index (χ1) is 14.4. The van der Waals surface area contributed by atoms with Crippen molar-refractivity contribution >= 4 is 41.2 Å². The van der Waals surface area contributed by atoms with E-state index < -0.39 is 17.2 Å². The number of rotatable bonds is 8. The molecule has 1 aliphatic heterocycles. The second-order valence-electron chi connectivity index (χ2n) is 6.99. The lowest BCUT2D eigenvalue weighted by molar-refractivity contribution is -0.136. The van der Waals surface area contributed by atoms with Crippen molar-refractivity contribution in [1.82, 2.24) is 0 Å². The quantitative estimate of drug-likeness (QED) is 0.361. The van der Waals surface area contributed by atoms with Crippen molar-refractivity contribution in [2.75, 3.05) is 11.4 Å². The van der Waals surface area contributed by atoms with E-state index in [4.69, 9.17) is 10.4 Å². The number of fused-ring (bicyclic) bond motifs is 1. The van der Waals surface area contributed by atoms with Gasteiger partial charge in [0, 0.05) is 22.8 Å². The molecule has 1 unspecified atom stereocenters. The van der Waals surface area contributed by atoms with Crippen LogP contribution in [-0.2, 0) is 16.0 Å². The molecule has 0 saturated carbocycles. The van der Waals surface area contributed by atoms with Crippen LogP contribution in [-0.4, -0.2) is 33.9 Å². The third kappa shape index (κ3) is 4.84. The zero-order valence-electron chi connectivity index (χ0n) is 16.5. The van der Waals surface area contributed by atoms with Gasteiger partial charge in [-0.15, -0.1) is 11.8 Å². The predicted octanol–water partition coefficient (Wildman–Crippen LogP) is 4.72. The van der Waals surface area contributed by atoms with Gasteiger partial charge < -0.3 is 15.1 Å². The van der Waals surface area contributed by atoms with Crippen LogP contribution in [0.25, 0.3) is 6.08 Å². The van der Waals surface area contributed by atoms with Crippen molar-refractivity contribution in [2.45, 2.75) is 36.3 Å². The SMILES string of the molecule is CCCC(Sc1ccc(N2CCc3cc(/C=C(\C#N)C(=O)O)ccc32)cc1)C(=O)O. The van der Waals surface area contributed by atoms with Crippen molar-refractivity contribution in [3.05, 3.63) is 59.2 Å². The minimum Gasteiger partial charge on any atom is -0.480 e. The number of hydrogen-bond donors (Lipinski definition) is 2. The maximum atomic E-state index is 11.4. The maximum Gasteiger partial charge on any atom is 0.346 e. The number of nitrogens with zero attached hydrogens (tertiary/aromatic N) is 2. The molecule has 0 aromatic heterocycles. The minimum absolute atomic E-state index is 0.291. The monoisotopic (exact) mass is 422 g/mol. The average Bonchev–Trinajstić information content (AvgIpc) is 3.15. The highest BCUT2D eigenvalue weighted by Gasteiger charge is 2.22. The fourth-order valence-corrected chi connectivity index (χ4v) is 4.53. The van der Waals surface area contributed by atoms with Crippen LogP contribution >= 0.6 is 11.8 Å². The zero-order valence-corrected chi connectivity index (χ0v) is 17.4. The third-order valence-corrected chi connectivity index (χ3v) is 6.18. The Kier molecular flexibility index (Phi) is 6.80. The first-order valence-corrected chi connectivity index (χ1v) is 10.6. The highest BCUT2D eigenvalue weighted by atomic mass is 32.2. The lowest BCUT2D eigenvalue weighted by Gasteiger charge is -2.20. The summed E-state index contributed by atoms with van der Waals surface area (Å²) in [5, 5.41) is 26.9. The van der Waals surface area contributed by atoms with Gasteiger partial charge >= 0.3 is 11.9 Å². The van der Waals surface area contributed by atoms with E-state index in [1.807, 2.05) is 49.4 Å². The van der Waals surface area contributed by atoms with Gasteiger partial charge in [-0.05, 0) is 66.4 Å². The summed E-state index contributed by atoms with van der Waals surface area (Å²) in [5.74, 6) is -2.02. The first-order valence-electron chi connectivity index (χ1n) is 9.68. The summed E-state index contributed by atoms with van der Waals surface area (Å²) < 4.78 is 0. The Labute approximate surface area is 179 Å². The molecule has 0 spiro atoms. The van der Waals surface area contributed by atoms with Crippen LogP contribution in [0.1, 0.15) is 30.9 Å². The molecule has 1 aliphatic rings. The summed E-state index contributed by atoms with van der Waals surface area (Å²) >= 11 is 1.37. The summed E-state index contributed by atoms with van der Waals surface area (Å²) in [6.45, 7) is 2.78. The summed E-state index contributed by atoms with van der Waals surface area (Å²) in [4.78, 5) is 25.5. The van der Waals surface area contributed by atoms with Crippen molar-refractivity contribution < 1.29 is 19.8 Å². The van der Waals surface area contributed by atoms with E-state index in [0.717, 1.165) is 41.2 Å². The molecule has 1 heterocycles. The lowest BCUT2D eigenvalue weighted by atomic mass is 10.1. The van der Waals surface area contributed by atoms with Gasteiger partial charge in [-0.2, -0.15) is 5.26 Å². The topological polar surface area (TPSA) is 102 Å². The van der Waals surface area contributed by atoms with E-state index >= 15 is 0 Å². The Morgan fingerprint density at radius 1 is 1.23 bits per heavy atom. The fourth-order valence-electron chi connectivity index (χ4n) is 3.45. The van der Waals surface area contributed by atoms with Gasteiger partial charge in [0.1, 0.15) is 16.9 Å². The number of aliphatic carboxylic acids is 2. The van der Waals surface area contributed by atoms with Gasteiger partial charge in [0.05, 0.1) is 0 Å². The molecular formula is C23H22N2O4S. The first kappa shape index (κ1) is 21.5. The molecule has 7 heteroatoms. The Bertz CT molecular complexity index is 1020. The Hall–Kier alpha value is -3.24. The Morgan fingerprint density at radius 3 is 2.57 bits per heavy atom. The largest absolute Gasteiger partial charge is 0.480 e. The molecule has 1 atom stereocenters. The maximum absolute atomic E-state index is 11.4. The zero-order chi connectivity index (χ0) is 21.7. The average molecular weight is 423 g/mol. The van der Waals surface area contributed by atoms with Crippen LogP contribution < -0.4 is 4.90 Å². The Morgan fingerprint density at radius 2 is 1.97 bits per heavy atom. The van der Waals surface area contributed by atoms with Gasteiger partial charge in [-0.25, -0.2) is 4.79 Å². The summed E-state index contributed by atoms with van der Waals surface area (Å²) in [6, 6.07) is 15.3. The molecule has 6 nitrogen and oxygen atoms in total. The summed E-state index contributed by atoms with van der Waals surface area (Å²) in [7, 11) is 0. The molecule has 2 N–H and O–H groups in total. The van der Waals surface area contributed by atoms with Crippen LogP contribution in [0.2, 0.25) is 0 Å². The highest BCUT2D eigenvalue weighted by Crippen LogP contribution is 2.36. The number of thioether (sulfide) groups is 1. The second kappa shape index (κ2) is 9.51. The van der Waals surface area contributed by atoms with E-state index in [1.165, 1.54) is 17.8 Å². The van der Waals surface area contributed by atoms with Gasteiger partial charge in [0.25, 0.3) is 0 Å². The predicted molar refractivity (Wildman–Crippen MR) is 117 cm³/mol. The van der Waals surface area contributed by atoms with Gasteiger partial charge in [0.15, 0.2) is 0 Å².